The Morgan fingerprint density at radius 1 is 1.30 bits per heavy atom. The zero-order valence-corrected chi connectivity index (χ0v) is 13.4. The normalized spacial score (nSPS) is 10.6. The number of thioether (sulfide) groups is 1. The molecule has 0 fully saturated rings. The first-order valence-corrected chi connectivity index (χ1v) is 8.50. The molecule has 3 amide bonds. The summed E-state index contributed by atoms with van der Waals surface area (Å²) in [5.74, 6) is 0.313. The number of hydrogen-bond donors (Lipinski definition) is 2. The highest BCUT2D eigenvalue weighted by Gasteiger charge is 2.11. The molecule has 3 aromatic heterocycles. The van der Waals surface area contributed by atoms with Gasteiger partial charge < -0.3 is 9.73 Å². The highest BCUT2D eigenvalue weighted by Crippen LogP contribution is 2.27. The highest BCUT2D eigenvalue weighted by atomic mass is 32.2. The second-order valence-corrected chi connectivity index (χ2v) is 6.28. The summed E-state index contributed by atoms with van der Waals surface area (Å²) < 4.78 is 5.08. The average molecular weight is 348 g/mol. The van der Waals surface area contributed by atoms with Crippen LogP contribution in [0.3, 0.4) is 0 Å². The van der Waals surface area contributed by atoms with Crippen LogP contribution >= 0.6 is 23.1 Å². The fourth-order valence-corrected chi connectivity index (χ4v) is 3.38. The Morgan fingerprint density at radius 2 is 2.22 bits per heavy atom. The van der Waals surface area contributed by atoms with Crippen molar-refractivity contribution in [2.45, 2.75) is 11.6 Å². The Kier molecular flexibility index (Phi) is 4.89. The van der Waals surface area contributed by atoms with Crippen molar-refractivity contribution in [3.63, 3.8) is 0 Å². The summed E-state index contributed by atoms with van der Waals surface area (Å²) in [6, 6.07) is 4.81. The van der Waals surface area contributed by atoms with E-state index in [2.05, 4.69) is 20.6 Å². The number of nitrogens with one attached hydrogen (secondary N) is 2. The lowest BCUT2D eigenvalue weighted by atomic mass is 10.4. The Hall–Kier alpha value is -2.39. The molecular formula is C14H12N4O3S2. The van der Waals surface area contributed by atoms with Crippen LogP contribution in [-0.4, -0.2) is 27.7 Å². The van der Waals surface area contributed by atoms with Crippen molar-refractivity contribution < 1.29 is 14.0 Å². The first-order chi connectivity index (χ1) is 11.2. The minimum absolute atomic E-state index is 0.0934. The third kappa shape index (κ3) is 4.08. The van der Waals surface area contributed by atoms with E-state index in [0.29, 0.717) is 5.76 Å². The van der Waals surface area contributed by atoms with Crippen LogP contribution in [0.5, 0.6) is 0 Å². The van der Waals surface area contributed by atoms with Crippen molar-refractivity contribution in [1.29, 1.82) is 0 Å². The van der Waals surface area contributed by atoms with Crippen LogP contribution in [0.2, 0.25) is 0 Å². The summed E-state index contributed by atoms with van der Waals surface area (Å²) in [7, 11) is 0. The van der Waals surface area contributed by atoms with Crippen molar-refractivity contribution in [2.75, 3.05) is 5.75 Å². The zero-order chi connectivity index (χ0) is 16.1. The number of thiophene rings is 1. The van der Waals surface area contributed by atoms with Crippen molar-refractivity contribution in [3.8, 4) is 0 Å². The van der Waals surface area contributed by atoms with E-state index in [0.717, 1.165) is 15.2 Å². The minimum atomic E-state index is -0.560. The number of nitrogens with zero attached hydrogens (tertiary/aromatic N) is 2. The number of carbonyl (C=O) groups excluding carboxylic acids is 2. The monoisotopic (exact) mass is 348 g/mol. The van der Waals surface area contributed by atoms with Crippen LogP contribution in [0.25, 0.3) is 10.2 Å². The third-order valence-corrected chi connectivity index (χ3v) is 4.65. The molecule has 7 nitrogen and oxygen atoms in total. The van der Waals surface area contributed by atoms with Gasteiger partial charge in [0.05, 0.1) is 18.6 Å². The first-order valence-electron chi connectivity index (χ1n) is 6.63. The Labute approximate surface area is 139 Å². The van der Waals surface area contributed by atoms with E-state index in [1.165, 1.54) is 35.7 Å². The SMILES string of the molecule is O=C(CSc1ncnc2sccc12)NC(=O)NCc1ccco1. The Balaban J connectivity index is 1.47. The molecule has 3 heterocycles. The molecule has 0 spiro atoms. The van der Waals surface area contributed by atoms with Crippen LogP contribution in [0.1, 0.15) is 5.76 Å². The van der Waals surface area contributed by atoms with Crippen molar-refractivity contribution in [1.82, 2.24) is 20.6 Å². The second kappa shape index (κ2) is 7.25. The lowest BCUT2D eigenvalue weighted by molar-refractivity contribution is -0.117. The molecule has 0 bridgehead atoms. The summed E-state index contributed by atoms with van der Waals surface area (Å²) in [5.41, 5.74) is 0. The standard InChI is InChI=1S/C14H12N4O3S2/c19-11(18-14(20)15-6-9-2-1-4-21-9)7-23-13-10-3-5-22-12(10)16-8-17-13/h1-5,8H,6-7H2,(H2,15,18,19,20). The molecular weight excluding hydrogens is 336 g/mol. The van der Waals surface area contributed by atoms with E-state index in [1.54, 1.807) is 12.1 Å². The molecule has 0 aliphatic heterocycles. The van der Waals surface area contributed by atoms with Crippen LogP contribution in [0, 0.1) is 0 Å². The number of furan rings is 1. The van der Waals surface area contributed by atoms with E-state index >= 15 is 0 Å². The van der Waals surface area contributed by atoms with Crippen LogP contribution < -0.4 is 10.6 Å². The maximum Gasteiger partial charge on any atom is 0.321 e. The molecule has 0 radical (unpaired) electrons. The van der Waals surface area contributed by atoms with E-state index in [1.807, 2.05) is 11.4 Å². The van der Waals surface area contributed by atoms with Gasteiger partial charge in [0.1, 0.15) is 21.9 Å². The predicted molar refractivity (Wildman–Crippen MR) is 87.2 cm³/mol. The van der Waals surface area contributed by atoms with E-state index in [-0.39, 0.29) is 12.3 Å². The maximum atomic E-state index is 11.8. The second-order valence-electron chi connectivity index (χ2n) is 4.42. The van der Waals surface area contributed by atoms with Crippen LogP contribution in [0.4, 0.5) is 4.79 Å². The van der Waals surface area contributed by atoms with E-state index < -0.39 is 11.9 Å². The first kappa shape index (κ1) is 15.5. The maximum absolute atomic E-state index is 11.8. The number of hydrogen-bond acceptors (Lipinski definition) is 7. The van der Waals surface area contributed by atoms with Crippen molar-refractivity contribution >= 4 is 45.3 Å². The van der Waals surface area contributed by atoms with Gasteiger partial charge in [0.15, 0.2) is 0 Å². The van der Waals surface area contributed by atoms with Gasteiger partial charge in [-0.1, -0.05) is 11.8 Å². The molecule has 0 unspecified atom stereocenters. The number of carbonyl (C=O) groups is 2. The van der Waals surface area contributed by atoms with Crippen molar-refractivity contribution in [3.05, 3.63) is 41.9 Å². The van der Waals surface area contributed by atoms with Crippen molar-refractivity contribution in [2.24, 2.45) is 0 Å². The average Bonchev–Trinajstić information content (AvgIpc) is 3.22. The molecule has 9 heteroatoms. The van der Waals surface area contributed by atoms with Gasteiger partial charge in [0.2, 0.25) is 5.91 Å². The fraction of sp³-hybridized carbons (Fsp3) is 0.143. The van der Waals surface area contributed by atoms with Gasteiger partial charge in [-0.25, -0.2) is 14.8 Å². The molecule has 0 atom stereocenters. The molecule has 3 rings (SSSR count). The number of amides is 3. The van der Waals surface area contributed by atoms with Crippen LogP contribution in [0.15, 0.2) is 45.6 Å². The minimum Gasteiger partial charge on any atom is -0.467 e. The predicted octanol–water partition coefficient (Wildman–Crippen LogP) is 2.40. The lowest BCUT2D eigenvalue weighted by Gasteiger charge is -2.05. The summed E-state index contributed by atoms with van der Waals surface area (Å²) in [4.78, 5) is 32.6. The zero-order valence-electron chi connectivity index (χ0n) is 11.8. The molecule has 23 heavy (non-hydrogen) atoms. The molecule has 0 aliphatic carbocycles. The lowest BCUT2D eigenvalue weighted by Crippen LogP contribution is -2.39. The molecule has 0 aromatic carbocycles. The quantitative estimate of drug-likeness (QED) is 0.543. The summed E-state index contributed by atoms with van der Waals surface area (Å²) in [6.07, 6.45) is 2.98. The smallest absolute Gasteiger partial charge is 0.321 e. The number of imide groups is 1. The highest BCUT2D eigenvalue weighted by molar-refractivity contribution is 8.00. The Morgan fingerprint density at radius 3 is 3.04 bits per heavy atom. The van der Waals surface area contributed by atoms with Gasteiger partial charge in [-0.2, -0.15) is 0 Å². The summed E-state index contributed by atoms with van der Waals surface area (Å²) >= 11 is 2.78. The molecule has 0 saturated carbocycles. The van der Waals surface area contributed by atoms with Gasteiger partial charge in [-0.05, 0) is 23.6 Å². The van der Waals surface area contributed by atoms with Crippen LogP contribution in [-0.2, 0) is 11.3 Å². The Bertz CT molecular complexity index is 816. The number of urea groups is 1. The summed E-state index contributed by atoms with van der Waals surface area (Å²) in [6.45, 7) is 0.223. The van der Waals surface area contributed by atoms with Gasteiger partial charge in [-0.3, -0.25) is 10.1 Å². The molecule has 0 saturated heterocycles. The summed E-state index contributed by atoms with van der Waals surface area (Å²) in [5, 5.41) is 8.37. The molecule has 2 N–H and O–H groups in total. The topological polar surface area (TPSA) is 97.1 Å². The van der Waals surface area contributed by atoms with E-state index in [4.69, 9.17) is 4.42 Å². The molecule has 3 aromatic rings. The largest absolute Gasteiger partial charge is 0.467 e. The van der Waals surface area contributed by atoms with E-state index in [9.17, 15) is 9.59 Å². The van der Waals surface area contributed by atoms with Gasteiger partial charge in [0, 0.05) is 5.39 Å². The van der Waals surface area contributed by atoms with Gasteiger partial charge in [0.25, 0.3) is 0 Å². The number of rotatable bonds is 5. The molecule has 118 valence electrons. The third-order valence-electron chi connectivity index (χ3n) is 2.82. The van der Waals surface area contributed by atoms with Gasteiger partial charge >= 0.3 is 6.03 Å². The number of aromatic nitrogens is 2. The number of fused-ring (bicyclic) bond motifs is 1. The fourth-order valence-electron chi connectivity index (χ4n) is 1.80. The van der Waals surface area contributed by atoms with Gasteiger partial charge in [-0.15, -0.1) is 11.3 Å². The molecule has 0 aliphatic rings.